The molecule has 31 heavy (non-hydrogen) atoms. The van der Waals surface area contributed by atoms with E-state index in [0.29, 0.717) is 30.6 Å². The number of hydrogen-bond acceptors (Lipinski definition) is 6. The second-order valence-electron chi connectivity index (χ2n) is 7.77. The van der Waals surface area contributed by atoms with Crippen molar-refractivity contribution in [2.45, 2.75) is 32.8 Å². The van der Waals surface area contributed by atoms with E-state index in [2.05, 4.69) is 15.0 Å². The number of hydrogen-bond donors (Lipinski definition) is 1. The van der Waals surface area contributed by atoms with Crippen LogP contribution >= 0.6 is 0 Å². The van der Waals surface area contributed by atoms with Gasteiger partial charge in [0.15, 0.2) is 5.82 Å². The Bertz CT molecular complexity index is 993. The first kappa shape index (κ1) is 22.4. The molecule has 0 aliphatic carbocycles. The van der Waals surface area contributed by atoms with Gasteiger partial charge >= 0.3 is 11.9 Å². The monoisotopic (exact) mass is 430 g/mol. The zero-order valence-electron chi connectivity index (χ0n) is 17.7. The fourth-order valence-electron chi connectivity index (χ4n) is 3.47. The summed E-state index contributed by atoms with van der Waals surface area (Å²) in [6, 6.07) is 5.46. The van der Waals surface area contributed by atoms with Crippen LogP contribution in [0.1, 0.15) is 41.8 Å². The molecule has 2 heterocycles. The molecule has 8 nitrogen and oxygen atoms in total. The van der Waals surface area contributed by atoms with Crippen LogP contribution in [0, 0.1) is 5.82 Å². The van der Waals surface area contributed by atoms with E-state index in [0.717, 1.165) is 5.56 Å². The van der Waals surface area contributed by atoms with Gasteiger partial charge in [0.25, 0.3) is 6.47 Å². The molecule has 0 saturated carbocycles. The smallest absolute Gasteiger partial charge is 0.429 e. The predicted octanol–water partition coefficient (Wildman–Crippen LogP) is 3.29. The summed E-state index contributed by atoms with van der Waals surface area (Å²) in [6.07, 6.45) is 1.94. The topological polar surface area (TPSA) is 94.6 Å². The Morgan fingerprint density at radius 2 is 1.94 bits per heavy atom. The molecule has 1 aliphatic heterocycles. The number of nitrogens with one attached hydrogen (secondary N) is 1. The summed E-state index contributed by atoms with van der Waals surface area (Å²) in [5.41, 5.74) is 1.62. The molecule has 3 amide bonds. The van der Waals surface area contributed by atoms with Crippen LogP contribution in [0.4, 0.5) is 15.0 Å². The highest BCUT2D eigenvalue weighted by Crippen LogP contribution is 2.35. The SMILES string of the molecule is CC(C)Oc1cnc2c(c1Cc1ccc(F)cc1)C(=O)[N+](C)(CCCOC=O)C(=O)N2. The molecule has 164 valence electrons. The Morgan fingerprint density at radius 1 is 1.23 bits per heavy atom. The van der Waals surface area contributed by atoms with Gasteiger partial charge in [0, 0.05) is 18.4 Å². The molecule has 0 spiro atoms. The molecule has 9 heteroatoms. The molecule has 0 fully saturated rings. The van der Waals surface area contributed by atoms with Crippen molar-refractivity contribution < 1.29 is 32.7 Å². The van der Waals surface area contributed by atoms with Crippen molar-refractivity contribution in [1.29, 1.82) is 0 Å². The summed E-state index contributed by atoms with van der Waals surface area (Å²) in [7, 11) is 1.51. The van der Waals surface area contributed by atoms with Gasteiger partial charge in [0.1, 0.15) is 17.1 Å². The fourth-order valence-corrected chi connectivity index (χ4v) is 3.47. The van der Waals surface area contributed by atoms with Gasteiger partial charge in [0.2, 0.25) is 0 Å². The Labute approximate surface area is 179 Å². The van der Waals surface area contributed by atoms with Crippen molar-refractivity contribution in [3.63, 3.8) is 0 Å². The lowest BCUT2D eigenvalue weighted by Gasteiger charge is -2.33. The summed E-state index contributed by atoms with van der Waals surface area (Å²) in [6.45, 7) is 4.29. The normalized spacial score (nSPS) is 17.8. The van der Waals surface area contributed by atoms with Crippen LogP contribution in [-0.2, 0) is 16.0 Å². The molecule has 1 aromatic carbocycles. The lowest BCUT2D eigenvalue weighted by Crippen LogP contribution is -2.59. The minimum absolute atomic E-state index is 0.0992. The highest BCUT2D eigenvalue weighted by Gasteiger charge is 2.48. The average Bonchev–Trinajstić information content (AvgIpc) is 2.73. The number of pyridine rings is 1. The minimum Gasteiger partial charge on any atom is -0.489 e. The maximum absolute atomic E-state index is 13.6. The Morgan fingerprint density at radius 3 is 2.58 bits per heavy atom. The van der Waals surface area contributed by atoms with E-state index in [9.17, 15) is 18.8 Å². The van der Waals surface area contributed by atoms with Crippen molar-refractivity contribution in [2.75, 3.05) is 25.5 Å². The van der Waals surface area contributed by atoms with E-state index in [-0.39, 0.29) is 36.5 Å². The molecular weight excluding hydrogens is 405 g/mol. The highest BCUT2D eigenvalue weighted by atomic mass is 19.1. The molecule has 1 N–H and O–H groups in total. The summed E-state index contributed by atoms with van der Waals surface area (Å²) in [5, 5.41) is 2.71. The maximum Gasteiger partial charge on any atom is 0.429 e. The fraction of sp³-hybridized carbons (Fsp3) is 0.364. The number of aromatic nitrogens is 1. The van der Waals surface area contributed by atoms with Crippen molar-refractivity contribution in [2.24, 2.45) is 0 Å². The number of rotatable bonds is 9. The molecular formula is C22H25FN3O5+. The number of quaternary nitrogens is 1. The van der Waals surface area contributed by atoms with Crippen LogP contribution in [0.3, 0.4) is 0 Å². The second kappa shape index (κ2) is 9.22. The molecule has 1 atom stereocenters. The number of benzene rings is 1. The van der Waals surface area contributed by atoms with E-state index >= 15 is 0 Å². The van der Waals surface area contributed by atoms with Gasteiger partial charge in [-0.15, -0.1) is 0 Å². The molecule has 3 rings (SSSR count). The largest absolute Gasteiger partial charge is 0.489 e. The number of carbonyl (C=O) groups excluding carboxylic acids is 3. The number of imide groups is 1. The van der Waals surface area contributed by atoms with Gasteiger partial charge in [0.05, 0.1) is 32.5 Å². The number of nitrogens with zero attached hydrogens (tertiary/aromatic N) is 2. The summed E-state index contributed by atoms with van der Waals surface area (Å²) < 4.78 is 23.4. The van der Waals surface area contributed by atoms with E-state index in [1.807, 2.05) is 13.8 Å². The first-order valence-corrected chi connectivity index (χ1v) is 9.96. The minimum atomic E-state index is -0.543. The first-order chi connectivity index (χ1) is 14.8. The number of fused-ring (bicyclic) bond motifs is 1. The van der Waals surface area contributed by atoms with E-state index in [1.54, 1.807) is 12.1 Å². The molecule has 1 aliphatic rings. The molecule has 0 bridgehead atoms. The van der Waals surface area contributed by atoms with E-state index in [4.69, 9.17) is 4.74 Å². The van der Waals surface area contributed by atoms with Crippen molar-refractivity contribution >= 4 is 24.2 Å². The van der Waals surface area contributed by atoms with Gasteiger partial charge in [-0.2, -0.15) is 4.48 Å². The molecule has 1 aromatic heterocycles. The molecule has 0 radical (unpaired) electrons. The van der Waals surface area contributed by atoms with Crippen LogP contribution in [0.25, 0.3) is 0 Å². The lowest BCUT2D eigenvalue weighted by atomic mass is 9.97. The highest BCUT2D eigenvalue weighted by molar-refractivity contribution is 6.09. The summed E-state index contributed by atoms with van der Waals surface area (Å²) >= 11 is 0. The predicted molar refractivity (Wildman–Crippen MR) is 110 cm³/mol. The number of anilines is 1. The van der Waals surface area contributed by atoms with Gasteiger partial charge < -0.3 is 9.47 Å². The summed E-state index contributed by atoms with van der Waals surface area (Å²) in [5.74, 6) is -0.186. The number of urea groups is 1. The zero-order chi connectivity index (χ0) is 22.6. The summed E-state index contributed by atoms with van der Waals surface area (Å²) in [4.78, 5) is 40.9. The van der Waals surface area contributed by atoms with Crippen molar-refractivity contribution in [1.82, 2.24) is 4.98 Å². The molecule has 2 aromatic rings. The second-order valence-corrected chi connectivity index (χ2v) is 7.77. The van der Waals surface area contributed by atoms with Crippen LogP contribution in [0.5, 0.6) is 5.75 Å². The quantitative estimate of drug-likeness (QED) is 0.373. The van der Waals surface area contributed by atoms with Crippen molar-refractivity contribution in [3.05, 3.63) is 53.0 Å². The van der Waals surface area contributed by atoms with Crippen molar-refractivity contribution in [3.8, 4) is 5.75 Å². The number of halogens is 1. The lowest BCUT2D eigenvalue weighted by molar-refractivity contribution is -0.743. The first-order valence-electron chi connectivity index (χ1n) is 9.96. The van der Waals surface area contributed by atoms with Crippen LogP contribution in [0.2, 0.25) is 0 Å². The van der Waals surface area contributed by atoms with E-state index < -0.39 is 16.4 Å². The third-order valence-electron chi connectivity index (χ3n) is 5.07. The zero-order valence-corrected chi connectivity index (χ0v) is 17.7. The Balaban J connectivity index is 2.05. The average molecular weight is 430 g/mol. The number of ether oxygens (including phenoxy) is 2. The number of carbonyl (C=O) groups is 3. The van der Waals surface area contributed by atoms with Crippen LogP contribution < -0.4 is 10.1 Å². The number of amides is 3. The van der Waals surface area contributed by atoms with Gasteiger partial charge in [-0.25, -0.2) is 19.0 Å². The molecule has 1 unspecified atom stereocenters. The standard InChI is InChI=1S/C22H24FN3O5/c1-14(2)31-18-12-24-20-19(17(18)11-15-5-7-16(23)8-6-15)21(28)26(3,22(29)25-20)9-4-10-30-13-27/h5-8,12-14H,4,9-11H2,1-3H3/p+1. The van der Waals surface area contributed by atoms with Gasteiger partial charge in [-0.1, -0.05) is 12.1 Å². The third kappa shape index (κ3) is 4.72. The molecule has 0 saturated heterocycles. The third-order valence-corrected chi connectivity index (χ3v) is 5.07. The maximum atomic E-state index is 13.6. The van der Waals surface area contributed by atoms with Gasteiger partial charge in [-0.3, -0.25) is 10.1 Å². The van der Waals surface area contributed by atoms with Gasteiger partial charge in [-0.05, 0) is 31.5 Å². The van der Waals surface area contributed by atoms with E-state index in [1.165, 1.54) is 25.4 Å². The van der Waals surface area contributed by atoms with Crippen LogP contribution in [-0.4, -0.2) is 54.2 Å². The Hall–Kier alpha value is -3.33. The Kier molecular flexibility index (Phi) is 6.65. The van der Waals surface area contributed by atoms with Crippen LogP contribution in [0.15, 0.2) is 30.5 Å².